The standard InChI is InChI=1S/C23H19F3N2O3/c1-2-15-8-9-16(21-13-22(28-31-21)30-19-7-4-10-27-14-19)11-20(15)29-18-6-3-5-17(12-18)23(24,25)26/h3-12,14,21H,2,13H2,1H3/t21-/m1/s1. The highest BCUT2D eigenvalue weighted by Crippen LogP contribution is 2.36. The van der Waals surface area contributed by atoms with Crippen molar-refractivity contribution in [2.45, 2.75) is 32.0 Å². The minimum atomic E-state index is -4.44. The highest BCUT2D eigenvalue weighted by molar-refractivity contribution is 5.79. The fourth-order valence-corrected chi connectivity index (χ4v) is 3.16. The molecule has 0 N–H and O–H groups in total. The molecule has 2 heterocycles. The molecule has 0 unspecified atom stereocenters. The third kappa shape index (κ3) is 4.96. The topological polar surface area (TPSA) is 52.9 Å². The number of ether oxygens (including phenoxy) is 2. The van der Waals surface area contributed by atoms with Gasteiger partial charge in [-0.3, -0.25) is 4.98 Å². The smallest absolute Gasteiger partial charge is 0.416 e. The van der Waals surface area contributed by atoms with Gasteiger partial charge < -0.3 is 14.3 Å². The Kier molecular flexibility index (Phi) is 5.79. The summed E-state index contributed by atoms with van der Waals surface area (Å²) in [5.74, 6) is 1.56. The van der Waals surface area contributed by atoms with Crippen LogP contribution in [0.25, 0.3) is 0 Å². The quantitative estimate of drug-likeness (QED) is 0.478. The van der Waals surface area contributed by atoms with Crippen molar-refractivity contribution in [3.05, 3.63) is 83.7 Å². The molecule has 3 aromatic rings. The molecule has 0 bridgehead atoms. The molecule has 0 aliphatic carbocycles. The highest BCUT2D eigenvalue weighted by atomic mass is 19.4. The van der Waals surface area contributed by atoms with Gasteiger partial charge in [0.05, 0.1) is 18.2 Å². The molecule has 0 radical (unpaired) electrons. The minimum Gasteiger partial charge on any atom is -0.457 e. The maximum atomic E-state index is 13.0. The van der Waals surface area contributed by atoms with Crippen molar-refractivity contribution >= 4 is 5.90 Å². The Morgan fingerprint density at radius 2 is 1.87 bits per heavy atom. The molecule has 1 aliphatic rings. The number of nitrogens with zero attached hydrogens (tertiary/aromatic N) is 2. The van der Waals surface area contributed by atoms with Gasteiger partial charge in [-0.1, -0.05) is 30.3 Å². The van der Waals surface area contributed by atoms with Gasteiger partial charge in [-0.25, -0.2) is 0 Å². The van der Waals surface area contributed by atoms with Crippen molar-refractivity contribution in [2.24, 2.45) is 5.16 Å². The maximum Gasteiger partial charge on any atom is 0.416 e. The molecule has 0 spiro atoms. The van der Waals surface area contributed by atoms with E-state index in [1.807, 2.05) is 19.1 Å². The van der Waals surface area contributed by atoms with E-state index in [1.54, 1.807) is 30.6 Å². The summed E-state index contributed by atoms with van der Waals surface area (Å²) in [6, 6.07) is 13.9. The van der Waals surface area contributed by atoms with Crippen LogP contribution in [0.4, 0.5) is 13.2 Å². The van der Waals surface area contributed by atoms with E-state index in [0.717, 1.165) is 23.3 Å². The number of hydrogen-bond acceptors (Lipinski definition) is 5. The lowest BCUT2D eigenvalue weighted by Gasteiger charge is -2.15. The molecule has 1 atom stereocenters. The normalized spacial score (nSPS) is 15.9. The van der Waals surface area contributed by atoms with Gasteiger partial charge in [-0.2, -0.15) is 13.2 Å². The van der Waals surface area contributed by atoms with Gasteiger partial charge in [0.2, 0.25) is 5.90 Å². The average Bonchev–Trinajstić information content (AvgIpc) is 3.22. The number of rotatable bonds is 5. The number of aryl methyl sites for hydroxylation is 1. The Morgan fingerprint density at radius 3 is 2.61 bits per heavy atom. The van der Waals surface area contributed by atoms with Gasteiger partial charge >= 0.3 is 6.18 Å². The monoisotopic (exact) mass is 428 g/mol. The lowest BCUT2D eigenvalue weighted by Crippen LogP contribution is -2.07. The van der Waals surface area contributed by atoms with Gasteiger partial charge in [-0.05, 0) is 53.9 Å². The molecule has 4 rings (SSSR count). The van der Waals surface area contributed by atoms with Crippen LogP contribution in [0.3, 0.4) is 0 Å². The molecule has 0 fully saturated rings. The van der Waals surface area contributed by atoms with Crippen molar-refractivity contribution < 1.29 is 27.5 Å². The van der Waals surface area contributed by atoms with Crippen LogP contribution >= 0.6 is 0 Å². The second-order valence-electron chi connectivity index (χ2n) is 6.92. The van der Waals surface area contributed by atoms with Gasteiger partial charge in [0.15, 0.2) is 6.10 Å². The molecular weight excluding hydrogens is 409 g/mol. The summed E-state index contributed by atoms with van der Waals surface area (Å²) in [5.41, 5.74) is 0.892. The fraction of sp³-hybridized carbons (Fsp3) is 0.217. The summed E-state index contributed by atoms with van der Waals surface area (Å²) in [5, 5.41) is 3.98. The third-order valence-corrected chi connectivity index (χ3v) is 4.74. The van der Waals surface area contributed by atoms with Crippen molar-refractivity contribution in [2.75, 3.05) is 0 Å². The van der Waals surface area contributed by atoms with Crippen LogP contribution in [-0.4, -0.2) is 10.9 Å². The summed E-state index contributed by atoms with van der Waals surface area (Å²) in [6.07, 6.45) is -0.540. The van der Waals surface area contributed by atoms with Gasteiger partial charge in [0, 0.05) is 6.20 Å². The first kappa shape index (κ1) is 20.7. The molecule has 1 aromatic heterocycles. The van der Waals surface area contributed by atoms with E-state index in [0.29, 0.717) is 30.2 Å². The van der Waals surface area contributed by atoms with E-state index < -0.39 is 11.7 Å². The molecule has 160 valence electrons. The van der Waals surface area contributed by atoms with E-state index in [-0.39, 0.29) is 11.9 Å². The van der Waals surface area contributed by atoms with Crippen LogP contribution in [0.2, 0.25) is 0 Å². The van der Waals surface area contributed by atoms with E-state index in [4.69, 9.17) is 14.3 Å². The lowest BCUT2D eigenvalue weighted by atomic mass is 10.0. The molecule has 0 saturated carbocycles. The first-order valence-electron chi connectivity index (χ1n) is 9.71. The largest absolute Gasteiger partial charge is 0.457 e. The Labute approximate surface area is 177 Å². The molecular formula is C23H19F3N2O3. The predicted molar refractivity (Wildman–Crippen MR) is 108 cm³/mol. The van der Waals surface area contributed by atoms with Crippen LogP contribution in [-0.2, 0) is 17.4 Å². The zero-order valence-corrected chi connectivity index (χ0v) is 16.6. The number of hydrogen-bond donors (Lipinski definition) is 0. The van der Waals surface area contributed by atoms with Crippen molar-refractivity contribution in [1.82, 2.24) is 4.98 Å². The second kappa shape index (κ2) is 8.67. The van der Waals surface area contributed by atoms with Crippen LogP contribution in [0.15, 0.2) is 72.1 Å². The maximum absolute atomic E-state index is 13.0. The molecule has 2 aromatic carbocycles. The highest BCUT2D eigenvalue weighted by Gasteiger charge is 2.31. The molecule has 31 heavy (non-hydrogen) atoms. The van der Waals surface area contributed by atoms with Crippen LogP contribution in [0.1, 0.15) is 36.1 Å². The lowest BCUT2D eigenvalue weighted by molar-refractivity contribution is -0.137. The first-order valence-corrected chi connectivity index (χ1v) is 9.71. The number of halogens is 3. The predicted octanol–water partition coefficient (Wildman–Crippen LogP) is 6.31. The fourth-order valence-electron chi connectivity index (χ4n) is 3.16. The molecule has 0 amide bonds. The van der Waals surface area contributed by atoms with Crippen LogP contribution < -0.4 is 9.47 Å². The Morgan fingerprint density at radius 1 is 1.03 bits per heavy atom. The van der Waals surface area contributed by atoms with Crippen molar-refractivity contribution in [3.63, 3.8) is 0 Å². The number of benzene rings is 2. The molecule has 5 nitrogen and oxygen atoms in total. The van der Waals surface area contributed by atoms with Crippen molar-refractivity contribution in [1.29, 1.82) is 0 Å². The molecule has 0 saturated heterocycles. The minimum absolute atomic E-state index is 0.117. The number of alkyl halides is 3. The SMILES string of the molecule is CCc1ccc([C@H]2CC(Oc3cccnc3)=NO2)cc1Oc1cccc(C(F)(F)F)c1. The van der Waals surface area contributed by atoms with E-state index in [9.17, 15) is 13.2 Å². The van der Waals surface area contributed by atoms with Crippen LogP contribution in [0, 0.1) is 0 Å². The summed E-state index contributed by atoms with van der Waals surface area (Å²) < 4.78 is 50.5. The molecule has 8 heteroatoms. The number of oxime groups is 1. The Bertz CT molecular complexity index is 1080. The van der Waals surface area contributed by atoms with Crippen molar-refractivity contribution in [3.8, 4) is 17.2 Å². The second-order valence-corrected chi connectivity index (χ2v) is 6.92. The summed E-state index contributed by atoms with van der Waals surface area (Å²) in [4.78, 5) is 9.49. The van der Waals surface area contributed by atoms with Gasteiger partial charge in [0.25, 0.3) is 0 Å². The number of pyridine rings is 1. The van der Waals surface area contributed by atoms with E-state index in [1.165, 1.54) is 12.1 Å². The summed E-state index contributed by atoms with van der Waals surface area (Å²) >= 11 is 0. The summed E-state index contributed by atoms with van der Waals surface area (Å²) in [7, 11) is 0. The van der Waals surface area contributed by atoms with Crippen LogP contribution in [0.5, 0.6) is 17.2 Å². The third-order valence-electron chi connectivity index (χ3n) is 4.74. The van der Waals surface area contributed by atoms with E-state index in [2.05, 4.69) is 10.1 Å². The average molecular weight is 428 g/mol. The van der Waals surface area contributed by atoms with E-state index >= 15 is 0 Å². The Balaban J connectivity index is 1.51. The first-order chi connectivity index (χ1) is 14.9. The Hall–Kier alpha value is -3.55. The van der Waals surface area contributed by atoms with Gasteiger partial charge in [0.1, 0.15) is 17.2 Å². The molecule has 1 aliphatic heterocycles. The van der Waals surface area contributed by atoms with Gasteiger partial charge in [-0.15, -0.1) is 0 Å². The summed E-state index contributed by atoms with van der Waals surface area (Å²) in [6.45, 7) is 1.95. The zero-order chi connectivity index (χ0) is 21.8. The zero-order valence-electron chi connectivity index (χ0n) is 16.6. The number of aromatic nitrogens is 1.